The van der Waals surface area contributed by atoms with Crippen LogP contribution in [0.1, 0.15) is 46.5 Å². The lowest BCUT2D eigenvalue weighted by Gasteiger charge is -2.36. The number of allylic oxidation sites excluding steroid dienone is 3. The van der Waals surface area contributed by atoms with Crippen LogP contribution in [0.5, 0.6) is 0 Å². The van der Waals surface area contributed by atoms with Crippen molar-refractivity contribution >= 4 is 0 Å². The molecule has 0 bridgehead atoms. The topological polar surface area (TPSA) is 23.8 Å². The van der Waals surface area contributed by atoms with E-state index in [2.05, 4.69) is 33.4 Å². The van der Waals surface area contributed by atoms with Gasteiger partial charge in [-0.25, -0.2) is 0 Å². The highest BCUT2D eigenvalue weighted by atomic mass is 14.4. The molecule has 82 valence electrons. The second kappa shape index (κ2) is 4.66. The summed E-state index contributed by atoms with van der Waals surface area (Å²) in [6.07, 6.45) is 6.27. The van der Waals surface area contributed by atoms with Crippen LogP contribution in [0.4, 0.5) is 0 Å². The van der Waals surface area contributed by atoms with Crippen molar-refractivity contribution < 1.29 is 0 Å². The minimum Gasteiger partial charge on any atom is -0.198 e. The van der Waals surface area contributed by atoms with Crippen LogP contribution in [0, 0.1) is 22.7 Å². The molecule has 1 aliphatic rings. The van der Waals surface area contributed by atoms with Crippen LogP contribution in [0.15, 0.2) is 23.8 Å². The second-order valence-corrected chi connectivity index (χ2v) is 5.14. The zero-order chi connectivity index (χ0) is 11.5. The fourth-order valence-corrected chi connectivity index (χ4v) is 2.81. The van der Waals surface area contributed by atoms with Gasteiger partial charge in [0.05, 0.1) is 12.0 Å². The fraction of sp³-hybridized carbons (Fsp3) is 0.643. The molecule has 0 saturated heterocycles. The van der Waals surface area contributed by atoms with Crippen molar-refractivity contribution in [3.8, 4) is 6.07 Å². The lowest BCUT2D eigenvalue weighted by Crippen LogP contribution is -2.25. The van der Waals surface area contributed by atoms with Gasteiger partial charge >= 0.3 is 0 Å². The molecule has 15 heavy (non-hydrogen) atoms. The predicted molar refractivity (Wildman–Crippen MR) is 64.2 cm³/mol. The normalized spacial score (nSPS) is 22.0. The molecule has 1 heteroatoms. The summed E-state index contributed by atoms with van der Waals surface area (Å²) < 4.78 is 0. The highest BCUT2D eigenvalue weighted by Crippen LogP contribution is 2.44. The Bertz CT molecular complexity index is 315. The Labute approximate surface area is 93.5 Å². The Morgan fingerprint density at radius 1 is 1.60 bits per heavy atom. The Kier molecular flexibility index (Phi) is 3.74. The Balaban J connectivity index is 3.07. The molecule has 1 atom stereocenters. The van der Waals surface area contributed by atoms with Crippen molar-refractivity contribution in [2.45, 2.75) is 46.5 Å². The molecule has 0 spiro atoms. The van der Waals surface area contributed by atoms with Gasteiger partial charge in [-0.1, -0.05) is 25.5 Å². The van der Waals surface area contributed by atoms with Crippen molar-refractivity contribution in [1.82, 2.24) is 0 Å². The average molecular weight is 203 g/mol. The maximum absolute atomic E-state index is 9.23. The first kappa shape index (κ1) is 12.0. The first-order chi connectivity index (χ1) is 7.03. The van der Waals surface area contributed by atoms with Gasteiger partial charge in [0.1, 0.15) is 0 Å². The molecule has 0 amide bonds. The standard InChI is InChI=1S/C14H21N/c1-5-7-12(10-15)13-11(2)8-6-9-14(13,3)4/h5,12H,1,6-9H2,2-4H3. The third-order valence-corrected chi connectivity index (χ3v) is 3.45. The molecular weight excluding hydrogens is 182 g/mol. The Morgan fingerprint density at radius 2 is 2.27 bits per heavy atom. The van der Waals surface area contributed by atoms with E-state index in [-0.39, 0.29) is 11.3 Å². The minimum absolute atomic E-state index is 0.0396. The van der Waals surface area contributed by atoms with E-state index in [0.717, 1.165) is 12.8 Å². The predicted octanol–water partition coefficient (Wildman–Crippen LogP) is 4.23. The number of nitrogens with zero attached hydrogens (tertiary/aromatic N) is 1. The van der Waals surface area contributed by atoms with Crippen LogP contribution in [0.2, 0.25) is 0 Å². The molecule has 0 aromatic rings. The van der Waals surface area contributed by atoms with Crippen molar-refractivity contribution in [2.75, 3.05) is 0 Å². The zero-order valence-electron chi connectivity index (χ0n) is 10.1. The molecule has 0 aromatic heterocycles. The maximum atomic E-state index is 9.23. The van der Waals surface area contributed by atoms with Gasteiger partial charge < -0.3 is 0 Å². The van der Waals surface area contributed by atoms with Gasteiger partial charge in [0, 0.05) is 0 Å². The number of hydrogen-bond acceptors (Lipinski definition) is 1. The van der Waals surface area contributed by atoms with E-state index in [1.54, 1.807) is 0 Å². The number of hydrogen-bond donors (Lipinski definition) is 0. The van der Waals surface area contributed by atoms with Crippen molar-refractivity contribution in [3.63, 3.8) is 0 Å². The van der Waals surface area contributed by atoms with Crippen LogP contribution in [-0.4, -0.2) is 0 Å². The molecular formula is C14H21N. The Morgan fingerprint density at radius 3 is 2.73 bits per heavy atom. The first-order valence-electron chi connectivity index (χ1n) is 5.73. The van der Waals surface area contributed by atoms with Crippen LogP contribution in [0.25, 0.3) is 0 Å². The van der Waals surface area contributed by atoms with Gasteiger partial charge in [-0.3, -0.25) is 0 Å². The van der Waals surface area contributed by atoms with Gasteiger partial charge in [0.25, 0.3) is 0 Å². The summed E-state index contributed by atoms with van der Waals surface area (Å²) in [5.74, 6) is 0.0396. The van der Waals surface area contributed by atoms with Crippen LogP contribution >= 0.6 is 0 Å². The van der Waals surface area contributed by atoms with Gasteiger partial charge in [0.2, 0.25) is 0 Å². The van der Waals surface area contributed by atoms with Gasteiger partial charge in [-0.05, 0) is 43.6 Å². The number of nitriles is 1. The molecule has 0 aromatic carbocycles. The van der Waals surface area contributed by atoms with E-state index < -0.39 is 0 Å². The third-order valence-electron chi connectivity index (χ3n) is 3.45. The molecule has 0 fully saturated rings. The molecule has 1 nitrogen and oxygen atoms in total. The summed E-state index contributed by atoms with van der Waals surface area (Å²) in [7, 11) is 0. The van der Waals surface area contributed by atoms with E-state index in [9.17, 15) is 5.26 Å². The van der Waals surface area contributed by atoms with E-state index in [0.29, 0.717) is 0 Å². The molecule has 1 aliphatic carbocycles. The smallest absolute Gasteiger partial charge is 0.0714 e. The van der Waals surface area contributed by atoms with Crippen molar-refractivity contribution in [3.05, 3.63) is 23.8 Å². The zero-order valence-corrected chi connectivity index (χ0v) is 10.1. The van der Waals surface area contributed by atoms with Crippen molar-refractivity contribution in [1.29, 1.82) is 5.26 Å². The SMILES string of the molecule is C=CCC(C#N)C1=C(C)CCCC1(C)C. The molecule has 1 unspecified atom stereocenters. The highest BCUT2D eigenvalue weighted by molar-refractivity contribution is 5.29. The fourth-order valence-electron chi connectivity index (χ4n) is 2.81. The Hall–Kier alpha value is -1.03. The largest absolute Gasteiger partial charge is 0.198 e. The quantitative estimate of drug-likeness (QED) is 0.630. The molecule has 0 heterocycles. The molecule has 0 radical (unpaired) electrons. The summed E-state index contributed by atoms with van der Waals surface area (Å²) in [6.45, 7) is 10.5. The monoisotopic (exact) mass is 203 g/mol. The summed E-state index contributed by atoms with van der Waals surface area (Å²) in [5.41, 5.74) is 3.00. The second-order valence-electron chi connectivity index (χ2n) is 5.14. The summed E-state index contributed by atoms with van der Waals surface area (Å²) in [4.78, 5) is 0. The number of rotatable bonds is 3. The van der Waals surface area contributed by atoms with Crippen LogP contribution < -0.4 is 0 Å². The minimum atomic E-state index is 0.0396. The molecule has 0 saturated carbocycles. The van der Waals surface area contributed by atoms with Gasteiger partial charge in [-0.2, -0.15) is 5.26 Å². The third kappa shape index (κ3) is 2.50. The molecule has 0 N–H and O–H groups in total. The van der Waals surface area contributed by atoms with E-state index in [1.165, 1.54) is 24.0 Å². The molecule has 1 rings (SSSR count). The summed E-state index contributed by atoms with van der Waals surface area (Å²) >= 11 is 0. The molecule has 0 aliphatic heterocycles. The average Bonchev–Trinajstić information content (AvgIpc) is 2.15. The van der Waals surface area contributed by atoms with Crippen molar-refractivity contribution in [2.24, 2.45) is 11.3 Å². The first-order valence-corrected chi connectivity index (χ1v) is 5.73. The lowest BCUT2D eigenvalue weighted by atomic mass is 9.68. The van der Waals surface area contributed by atoms with Gasteiger partial charge in [0.15, 0.2) is 0 Å². The summed E-state index contributed by atoms with van der Waals surface area (Å²) in [6, 6.07) is 2.43. The maximum Gasteiger partial charge on any atom is 0.0714 e. The van der Waals surface area contributed by atoms with E-state index in [1.807, 2.05) is 6.08 Å². The highest BCUT2D eigenvalue weighted by Gasteiger charge is 2.32. The van der Waals surface area contributed by atoms with Crippen LogP contribution in [-0.2, 0) is 0 Å². The van der Waals surface area contributed by atoms with Crippen LogP contribution in [0.3, 0.4) is 0 Å². The lowest BCUT2D eigenvalue weighted by molar-refractivity contribution is 0.339. The van der Waals surface area contributed by atoms with E-state index in [4.69, 9.17) is 0 Å². The van der Waals surface area contributed by atoms with E-state index >= 15 is 0 Å². The summed E-state index contributed by atoms with van der Waals surface area (Å²) in [5, 5.41) is 9.23. The van der Waals surface area contributed by atoms with Gasteiger partial charge in [-0.15, -0.1) is 6.58 Å².